The molecule has 6 heavy (non-hydrogen) atoms. The first-order chi connectivity index (χ1) is 2.91. The lowest BCUT2D eigenvalue weighted by Gasteiger charge is -1.74. The van der Waals surface area contributed by atoms with Gasteiger partial charge in [-0.25, -0.2) is 0 Å². The van der Waals surface area contributed by atoms with Gasteiger partial charge in [0.25, 0.3) is 0 Å². The van der Waals surface area contributed by atoms with Crippen molar-refractivity contribution in [3.05, 3.63) is 6.42 Å². The second-order valence-corrected chi connectivity index (χ2v) is 0.908. The molecule has 0 aliphatic heterocycles. The highest BCUT2D eigenvalue weighted by atomic mass is 16.4. The molecule has 0 saturated carbocycles. The fraction of sp³-hybridized carbons (Fsp3) is 0.500. The topological polar surface area (TPSA) is 32.6 Å². The number of oxime groups is 1. The fourth-order valence-corrected chi connectivity index (χ4v) is 0.153. The Labute approximate surface area is 37.5 Å². The van der Waals surface area contributed by atoms with Gasteiger partial charge in [-0.1, -0.05) is 6.92 Å². The van der Waals surface area contributed by atoms with Crippen molar-refractivity contribution in [2.45, 2.75) is 13.3 Å². The summed E-state index contributed by atoms with van der Waals surface area (Å²) >= 11 is 0. The molecule has 0 aromatic carbocycles. The van der Waals surface area contributed by atoms with Gasteiger partial charge in [-0.05, 0) is 6.42 Å². The first-order valence-electron chi connectivity index (χ1n) is 1.91. The highest BCUT2D eigenvalue weighted by Crippen LogP contribution is 1.75. The molecular formula is C4H8NO. The van der Waals surface area contributed by atoms with E-state index >= 15 is 0 Å². The number of hydrogen-bond acceptors (Lipinski definition) is 2. The molecule has 0 fully saturated rings. The van der Waals surface area contributed by atoms with E-state index in [2.05, 4.69) is 5.16 Å². The van der Waals surface area contributed by atoms with Gasteiger partial charge in [0.05, 0.1) is 0 Å². The van der Waals surface area contributed by atoms with Crippen LogP contribution in [0.15, 0.2) is 5.16 Å². The van der Waals surface area contributed by atoms with E-state index in [-0.39, 0.29) is 0 Å². The van der Waals surface area contributed by atoms with Crippen molar-refractivity contribution in [2.24, 2.45) is 5.16 Å². The van der Waals surface area contributed by atoms with Crippen LogP contribution in [0.2, 0.25) is 0 Å². The summed E-state index contributed by atoms with van der Waals surface area (Å²) in [7, 11) is 0. The third-order valence-corrected chi connectivity index (χ3v) is 0.408. The van der Waals surface area contributed by atoms with Crippen molar-refractivity contribution in [1.82, 2.24) is 0 Å². The van der Waals surface area contributed by atoms with Gasteiger partial charge in [-0.15, -0.1) is 5.16 Å². The van der Waals surface area contributed by atoms with Crippen LogP contribution in [-0.2, 0) is 0 Å². The summed E-state index contributed by atoms with van der Waals surface area (Å²) in [4.78, 5) is 0. The van der Waals surface area contributed by atoms with Crippen molar-refractivity contribution in [3.63, 3.8) is 0 Å². The van der Waals surface area contributed by atoms with Crippen molar-refractivity contribution in [2.75, 3.05) is 0 Å². The van der Waals surface area contributed by atoms with E-state index in [0.29, 0.717) is 0 Å². The summed E-state index contributed by atoms with van der Waals surface area (Å²) in [6.45, 7) is 1.97. The Bertz CT molecular complexity index is 42.8. The van der Waals surface area contributed by atoms with E-state index in [1.165, 1.54) is 6.21 Å². The van der Waals surface area contributed by atoms with E-state index in [1.54, 1.807) is 6.42 Å². The van der Waals surface area contributed by atoms with Gasteiger partial charge in [0.1, 0.15) is 0 Å². The van der Waals surface area contributed by atoms with Gasteiger partial charge in [0, 0.05) is 12.6 Å². The van der Waals surface area contributed by atoms with Gasteiger partial charge < -0.3 is 5.21 Å². The fourth-order valence-electron chi connectivity index (χ4n) is 0.153. The minimum Gasteiger partial charge on any atom is -0.411 e. The Morgan fingerprint density at radius 1 is 1.83 bits per heavy atom. The molecule has 0 aromatic heterocycles. The van der Waals surface area contributed by atoms with E-state index in [1.807, 2.05) is 6.92 Å². The Morgan fingerprint density at radius 2 is 2.50 bits per heavy atom. The van der Waals surface area contributed by atoms with Gasteiger partial charge >= 0.3 is 0 Å². The molecule has 2 nitrogen and oxygen atoms in total. The van der Waals surface area contributed by atoms with Gasteiger partial charge in [-0.2, -0.15) is 0 Å². The predicted molar refractivity (Wildman–Crippen MR) is 24.9 cm³/mol. The zero-order chi connectivity index (χ0) is 4.83. The average molecular weight is 86.1 g/mol. The Balaban J connectivity index is 2.66. The van der Waals surface area contributed by atoms with Crippen LogP contribution in [0.5, 0.6) is 0 Å². The minimum atomic E-state index is 0.921. The number of rotatable bonds is 2. The molecule has 0 aromatic rings. The SMILES string of the molecule is CC[CH]C=NO. The first-order valence-corrected chi connectivity index (χ1v) is 1.91. The quantitative estimate of drug-likeness (QED) is 0.304. The molecule has 0 spiro atoms. The zero-order valence-electron chi connectivity index (χ0n) is 3.76. The lowest BCUT2D eigenvalue weighted by Crippen LogP contribution is -1.70. The molecule has 0 amide bonds. The Hall–Kier alpha value is -0.530. The molecule has 1 radical (unpaired) electrons. The molecule has 35 valence electrons. The maximum atomic E-state index is 7.74. The minimum absolute atomic E-state index is 0.921. The molecular weight excluding hydrogens is 78.0 g/mol. The maximum Gasteiger partial charge on any atom is 0.0473 e. The van der Waals surface area contributed by atoms with E-state index in [4.69, 9.17) is 5.21 Å². The van der Waals surface area contributed by atoms with Crippen LogP contribution in [0.25, 0.3) is 0 Å². The summed E-state index contributed by atoms with van der Waals surface area (Å²) in [6, 6.07) is 0. The number of unbranched alkanes of at least 4 members (excludes halogenated alkanes) is 1. The van der Waals surface area contributed by atoms with Crippen molar-refractivity contribution in [3.8, 4) is 0 Å². The lowest BCUT2D eigenvalue weighted by atomic mass is 10.4. The summed E-state index contributed by atoms with van der Waals surface area (Å²) < 4.78 is 0. The van der Waals surface area contributed by atoms with Gasteiger partial charge in [-0.3, -0.25) is 0 Å². The molecule has 0 aliphatic carbocycles. The first kappa shape index (κ1) is 5.47. The molecule has 0 atom stereocenters. The lowest BCUT2D eigenvalue weighted by molar-refractivity contribution is 0.321. The van der Waals surface area contributed by atoms with Crippen LogP contribution in [0.4, 0.5) is 0 Å². The molecule has 1 N–H and O–H groups in total. The highest BCUT2D eigenvalue weighted by Gasteiger charge is 1.68. The number of hydrogen-bond donors (Lipinski definition) is 1. The highest BCUT2D eigenvalue weighted by molar-refractivity contribution is 5.66. The largest absolute Gasteiger partial charge is 0.411 e. The summed E-state index contributed by atoms with van der Waals surface area (Å²) in [6.07, 6.45) is 4.05. The van der Waals surface area contributed by atoms with E-state index < -0.39 is 0 Å². The van der Waals surface area contributed by atoms with Crippen LogP contribution in [-0.4, -0.2) is 11.4 Å². The summed E-state index contributed by atoms with van der Waals surface area (Å²) in [5, 5.41) is 10.5. The predicted octanol–water partition coefficient (Wildman–Crippen LogP) is 1.06. The monoisotopic (exact) mass is 86.1 g/mol. The Kier molecular flexibility index (Phi) is 4.08. The molecule has 0 aliphatic rings. The van der Waals surface area contributed by atoms with Crippen LogP contribution in [0.3, 0.4) is 0 Å². The summed E-state index contributed by atoms with van der Waals surface area (Å²) in [5.41, 5.74) is 0. The van der Waals surface area contributed by atoms with E-state index in [0.717, 1.165) is 6.42 Å². The van der Waals surface area contributed by atoms with Crippen LogP contribution < -0.4 is 0 Å². The molecule has 0 rings (SSSR count). The van der Waals surface area contributed by atoms with Crippen LogP contribution >= 0.6 is 0 Å². The van der Waals surface area contributed by atoms with Gasteiger partial charge in [0.2, 0.25) is 0 Å². The molecule has 0 saturated heterocycles. The van der Waals surface area contributed by atoms with Crippen molar-refractivity contribution >= 4 is 6.21 Å². The second-order valence-electron chi connectivity index (χ2n) is 0.908. The van der Waals surface area contributed by atoms with Crippen molar-refractivity contribution < 1.29 is 5.21 Å². The van der Waals surface area contributed by atoms with E-state index in [9.17, 15) is 0 Å². The Morgan fingerprint density at radius 3 is 2.67 bits per heavy atom. The molecule has 2 heteroatoms. The maximum absolute atomic E-state index is 7.74. The second kappa shape index (κ2) is 4.47. The number of nitrogens with zero attached hydrogens (tertiary/aromatic N) is 1. The zero-order valence-corrected chi connectivity index (χ0v) is 3.76. The normalized spacial score (nSPS) is 10.2. The summed E-state index contributed by atoms with van der Waals surface area (Å²) in [5.74, 6) is 0. The van der Waals surface area contributed by atoms with Crippen molar-refractivity contribution in [1.29, 1.82) is 0 Å². The smallest absolute Gasteiger partial charge is 0.0473 e. The van der Waals surface area contributed by atoms with Crippen LogP contribution in [0, 0.1) is 6.42 Å². The average Bonchev–Trinajstić information content (AvgIpc) is 1.61. The molecule has 0 heterocycles. The standard InChI is InChI=1S/C4H8NO/c1-2-3-4-5-6/h3-4,6H,2H2,1H3. The van der Waals surface area contributed by atoms with Crippen LogP contribution in [0.1, 0.15) is 13.3 Å². The third kappa shape index (κ3) is 3.47. The molecule has 0 unspecified atom stereocenters. The molecule has 0 bridgehead atoms. The van der Waals surface area contributed by atoms with Gasteiger partial charge in [0.15, 0.2) is 0 Å². The third-order valence-electron chi connectivity index (χ3n) is 0.408.